The smallest absolute Gasteiger partial charge is 0.225 e. The Hall–Kier alpha value is -1.86. The van der Waals surface area contributed by atoms with E-state index in [1.54, 1.807) is 12.1 Å². The molecule has 0 atom stereocenters. The summed E-state index contributed by atoms with van der Waals surface area (Å²) >= 11 is 0. The Morgan fingerprint density at radius 3 is 2.95 bits per heavy atom. The normalized spacial score (nSPS) is 14.7. The Bertz CT molecular complexity index is 510. The quantitative estimate of drug-likeness (QED) is 0.826. The van der Waals surface area contributed by atoms with Crippen LogP contribution in [-0.4, -0.2) is 17.4 Å². The lowest BCUT2D eigenvalue weighted by atomic mass is 10.0. The van der Waals surface area contributed by atoms with Crippen molar-refractivity contribution < 1.29 is 4.79 Å². The maximum absolute atomic E-state index is 11.9. The molecular formula is C16H21N3O. The molecule has 0 saturated heterocycles. The number of carbonyl (C=O) groups is 1. The third kappa shape index (κ3) is 4.67. The molecule has 20 heavy (non-hydrogen) atoms. The number of nitrogens with one attached hydrogen (secondary N) is 1. The molecule has 0 bridgehead atoms. The van der Waals surface area contributed by atoms with E-state index in [0.29, 0.717) is 24.5 Å². The molecule has 1 aliphatic rings. The summed E-state index contributed by atoms with van der Waals surface area (Å²) in [5.74, 6) is 6.94. The van der Waals surface area contributed by atoms with Gasteiger partial charge in [0.05, 0.1) is 6.54 Å². The van der Waals surface area contributed by atoms with Gasteiger partial charge in [-0.25, -0.2) is 4.98 Å². The maximum atomic E-state index is 11.9. The Balaban J connectivity index is 1.83. The van der Waals surface area contributed by atoms with Crippen molar-refractivity contribution in [3.63, 3.8) is 0 Å². The number of nitrogens with zero attached hydrogens (tertiary/aromatic N) is 1. The third-order valence-corrected chi connectivity index (χ3v) is 3.59. The van der Waals surface area contributed by atoms with Crippen molar-refractivity contribution in [2.75, 3.05) is 11.9 Å². The predicted octanol–water partition coefficient (Wildman–Crippen LogP) is 2.30. The van der Waals surface area contributed by atoms with Gasteiger partial charge in [0.2, 0.25) is 5.91 Å². The number of anilines is 1. The molecule has 106 valence electrons. The standard InChI is InChI=1S/C16H21N3O/c17-12-4-8-14-7-3-9-15(18-14)19-16(20)11-10-13-5-1-2-6-13/h3,7,9,13H,1-2,5-6,10-12,17H2,(H,18,19,20). The molecule has 2 rings (SSSR count). The summed E-state index contributed by atoms with van der Waals surface area (Å²) in [6, 6.07) is 5.41. The van der Waals surface area contributed by atoms with E-state index in [0.717, 1.165) is 12.3 Å². The maximum Gasteiger partial charge on any atom is 0.225 e. The largest absolute Gasteiger partial charge is 0.320 e. The topological polar surface area (TPSA) is 68.0 Å². The van der Waals surface area contributed by atoms with Crippen molar-refractivity contribution in [1.82, 2.24) is 4.98 Å². The van der Waals surface area contributed by atoms with Gasteiger partial charge in [-0.1, -0.05) is 37.7 Å². The fourth-order valence-corrected chi connectivity index (χ4v) is 2.56. The average molecular weight is 271 g/mol. The van der Waals surface area contributed by atoms with E-state index in [-0.39, 0.29) is 5.91 Å². The number of pyridine rings is 1. The highest BCUT2D eigenvalue weighted by Gasteiger charge is 2.16. The summed E-state index contributed by atoms with van der Waals surface area (Å²) in [4.78, 5) is 16.2. The second-order valence-corrected chi connectivity index (χ2v) is 5.15. The fourth-order valence-electron chi connectivity index (χ4n) is 2.56. The number of aromatic nitrogens is 1. The number of carbonyl (C=O) groups excluding carboxylic acids is 1. The summed E-state index contributed by atoms with van der Waals surface area (Å²) in [6.07, 6.45) is 6.74. The molecule has 0 unspecified atom stereocenters. The number of hydrogen-bond acceptors (Lipinski definition) is 3. The van der Waals surface area contributed by atoms with Gasteiger partial charge in [0.25, 0.3) is 0 Å². The Morgan fingerprint density at radius 1 is 1.40 bits per heavy atom. The molecule has 1 aromatic rings. The molecule has 3 N–H and O–H groups in total. The van der Waals surface area contributed by atoms with Crippen LogP contribution in [-0.2, 0) is 4.79 Å². The molecule has 0 spiro atoms. The first kappa shape index (κ1) is 14.5. The van der Waals surface area contributed by atoms with Crippen molar-refractivity contribution in [2.45, 2.75) is 38.5 Å². The van der Waals surface area contributed by atoms with Gasteiger partial charge in [-0.15, -0.1) is 0 Å². The molecule has 0 aromatic carbocycles. The number of amides is 1. The highest BCUT2D eigenvalue weighted by molar-refractivity contribution is 5.89. The summed E-state index contributed by atoms with van der Waals surface area (Å²) in [5, 5.41) is 2.83. The Morgan fingerprint density at radius 2 is 2.20 bits per heavy atom. The Kier molecular flexibility index (Phi) is 5.57. The van der Waals surface area contributed by atoms with E-state index in [9.17, 15) is 4.79 Å². The van der Waals surface area contributed by atoms with E-state index >= 15 is 0 Å². The lowest BCUT2D eigenvalue weighted by molar-refractivity contribution is -0.116. The number of rotatable bonds is 4. The second-order valence-electron chi connectivity index (χ2n) is 5.15. The first-order valence-corrected chi connectivity index (χ1v) is 7.24. The monoisotopic (exact) mass is 271 g/mol. The first-order chi connectivity index (χ1) is 9.78. The van der Waals surface area contributed by atoms with Gasteiger partial charge in [0.15, 0.2) is 0 Å². The Labute approximate surface area is 120 Å². The van der Waals surface area contributed by atoms with Crippen LogP contribution in [0.1, 0.15) is 44.2 Å². The molecule has 1 saturated carbocycles. The first-order valence-electron chi connectivity index (χ1n) is 7.24. The SMILES string of the molecule is NCC#Cc1cccc(NC(=O)CCC2CCCC2)n1. The fraction of sp³-hybridized carbons (Fsp3) is 0.500. The van der Waals surface area contributed by atoms with E-state index in [1.807, 2.05) is 6.07 Å². The predicted molar refractivity (Wildman–Crippen MR) is 80.0 cm³/mol. The van der Waals surface area contributed by atoms with Crippen molar-refractivity contribution in [1.29, 1.82) is 0 Å². The van der Waals surface area contributed by atoms with Crippen LogP contribution in [0.3, 0.4) is 0 Å². The molecule has 0 radical (unpaired) electrons. The molecular weight excluding hydrogens is 250 g/mol. The summed E-state index contributed by atoms with van der Waals surface area (Å²) in [6.45, 7) is 0.305. The molecule has 1 heterocycles. The lowest BCUT2D eigenvalue weighted by Gasteiger charge is -2.08. The van der Waals surface area contributed by atoms with Gasteiger partial charge in [0.1, 0.15) is 11.5 Å². The molecule has 1 amide bonds. The zero-order chi connectivity index (χ0) is 14.2. The minimum absolute atomic E-state index is 0.0355. The third-order valence-electron chi connectivity index (χ3n) is 3.59. The van der Waals surface area contributed by atoms with Crippen LogP contribution in [0.2, 0.25) is 0 Å². The van der Waals surface area contributed by atoms with Crippen molar-refractivity contribution in [3.05, 3.63) is 23.9 Å². The lowest BCUT2D eigenvalue weighted by Crippen LogP contribution is -2.13. The van der Waals surface area contributed by atoms with Gasteiger partial charge in [-0.3, -0.25) is 4.79 Å². The van der Waals surface area contributed by atoms with E-state index < -0.39 is 0 Å². The average Bonchev–Trinajstić information content (AvgIpc) is 2.97. The van der Waals surface area contributed by atoms with Crippen molar-refractivity contribution in [2.24, 2.45) is 11.7 Å². The minimum Gasteiger partial charge on any atom is -0.320 e. The summed E-state index contributed by atoms with van der Waals surface area (Å²) in [5.41, 5.74) is 5.95. The van der Waals surface area contributed by atoms with Crippen molar-refractivity contribution in [3.8, 4) is 11.8 Å². The van der Waals surface area contributed by atoms with E-state index in [2.05, 4.69) is 22.1 Å². The molecule has 1 aliphatic carbocycles. The van der Waals surface area contributed by atoms with Crippen LogP contribution in [0.5, 0.6) is 0 Å². The van der Waals surface area contributed by atoms with Crippen LogP contribution >= 0.6 is 0 Å². The second kappa shape index (κ2) is 7.66. The zero-order valence-electron chi connectivity index (χ0n) is 11.7. The van der Waals surface area contributed by atoms with Gasteiger partial charge < -0.3 is 11.1 Å². The number of hydrogen-bond donors (Lipinski definition) is 2. The molecule has 4 heteroatoms. The highest BCUT2D eigenvalue weighted by Crippen LogP contribution is 2.28. The molecule has 1 aromatic heterocycles. The van der Waals surface area contributed by atoms with E-state index in [4.69, 9.17) is 5.73 Å². The van der Waals surface area contributed by atoms with Crippen molar-refractivity contribution >= 4 is 11.7 Å². The van der Waals surface area contributed by atoms with Gasteiger partial charge in [-0.05, 0) is 30.4 Å². The van der Waals surface area contributed by atoms with Gasteiger partial charge >= 0.3 is 0 Å². The van der Waals surface area contributed by atoms with Crippen LogP contribution < -0.4 is 11.1 Å². The van der Waals surface area contributed by atoms with Crippen LogP contribution in [0.25, 0.3) is 0 Å². The summed E-state index contributed by atoms with van der Waals surface area (Å²) < 4.78 is 0. The highest BCUT2D eigenvalue weighted by atomic mass is 16.1. The molecule has 0 aliphatic heterocycles. The number of nitrogens with two attached hydrogens (primary N) is 1. The van der Waals surface area contributed by atoms with E-state index in [1.165, 1.54) is 25.7 Å². The van der Waals surface area contributed by atoms with Crippen LogP contribution in [0, 0.1) is 17.8 Å². The van der Waals surface area contributed by atoms with Gasteiger partial charge in [-0.2, -0.15) is 0 Å². The van der Waals surface area contributed by atoms with Crippen LogP contribution in [0.15, 0.2) is 18.2 Å². The minimum atomic E-state index is 0.0355. The molecule has 4 nitrogen and oxygen atoms in total. The zero-order valence-corrected chi connectivity index (χ0v) is 11.7. The van der Waals surface area contributed by atoms with Gasteiger partial charge in [0, 0.05) is 6.42 Å². The van der Waals surface area contributed by atoms with Crippen LogP contribution in [0.4, 0.5) is 5.82 Å². The summed E-state index contributed by atoms with van der Waals surface area (Å²) in [7, 11) is 0. The molecule has 1 fully saturated rings.